The van der Waals surface area contributed by atoms with Gasteiger partial charge >= 0.3 is 0 Å². The first kappa shape index (κ1) is 10.3. The van der Waals surface area contributed by atoms with Crippen LogP contribution in [0, 0.1) is 23.3 Å². The zero-order valence-electron chi connectivity index (χ0n) is 6.64. The quantitative estimate of drug-likeness (QED) is 0.178. The van der Waals surface area contributed by atoms with Gasteiger partial charge in [-0.3, -0.25) is 0 Å². The van der Waals surface area contributed by atoms with Gasteiger partial charge in [0.15, 0.2) is 23.3 Å². The standard InChI is InChI=1S/C7H3F4N3/c8-4-1-3(2-13-14-12)5(9)7(11)6(4)10/h1H,2H2. The molecule has 14 heavy (non-hydrogen) atoms. The third-order valence-corrected chi connectivity index (χ3v) is 1.48. The lowest BCUT2D eigenvalue weighted by Crippen LogP contribution is -2.00. The SMILES string of the molecule is [N-]=[N+]=NCc1cc(F)c(F)c(F)c1F. The molecular weight excluding hydrogens is 202 g/mol. The van der Waals surface area contributed by atoms with Gasteiger partial charge < -0.3 is 0 Å². The summed E-state index contributed by atoms with van der Waals surface area (Å²) < 4.78 is 50.3. The molecule has 0 saturated carbocycles. The van der Waals surface area contributed by atoms with E-state index in [1.807, 2.05) is 0 Å². The van der Waals surface area contributed by atoms with Crippen molar-refractivity contribution in [2.24, 2.45) is 5.11 Å². The molecule has 74 valence electrons. The van der Waals surface area contributed by atoms with Gasteiger partial charge in [-0.15, -0.1) is 0 Å². The summed E-state index contributed by atoms with van der Waals surface area (Å²) in [6.07, 6.45) is 0. The fourth-order valence-corrected chi connectivity index (χ4v) is 0.845. The summed E-state index contributed by atoms with van der Waals surface area (Å²) in [5.41, 5.74) is 7.36. The Morgan fingerprint density at radius 2 is 1.79 bits per heavy atom. The third kappa shape index (κ3) is 1.77. The van der Waals surface area contributed by atoms with E-state index in [9.17, 15) is 17.6 Å². The van der Waals surface area contributed by atoms with E-state index in [-0.39, 0.29) is 0 Å². The van der Waals surface area contributed by atoms with Crippen molar-refractivity contribution < 1.29 is 17.6 Å². The van der Waals surface area contributed by atoms with Crippen LogP contribution in [0.1, 0.15) is 5.56 Å². The van der Waals surface area contributed by atoms with E-state index in [1.165, 1.54) is 0 Å². The van der Waals surface area contributed by atoms with Crippen LogP contribution in [-0.4, -0.2) is 0 Å². The predicted molar refractivity (Wildman–Crippen MR) is 39.1 cm³/mol. The minimum atomic E-state index is -1.91. The summed E-state index contributed by atoms with van der Waals surface area (Å²) in [5, 5.41) is 2.90. The normalized spacial score (nSPS) is 9.71. The summed E-state index contributed by atoms with van der Waals surface area (Å²) in [7, 11) is 0. The zero-order chi connectivity index (χ0) is 10.7. The lowest BCUT2D eigenvalue weighted by Gasteiger charge is -2.01. The molecule has 0 bridgehead atoms. The Balaban J connectivity index is 3.25. The Kier molecular flexibility index (Phi) is 2.93. The molecule has 0 unspecified atom stereocenters. The molecule has 0 aromatic heterocycles. The predicted octanol–water partition coefficient (Wildman–Crippen LogP) is 3.05. The van der Waals surface area contributed by atoms with Crippen LogP contribution in [0.4, 0.5) is 17.6 Å². The molecule has 0 heterocycles. The largest absolute Gasteiger partial charge is 0.204 e. The van der Waals surface area contributed by atoms with Crippen molar-refractivity contribution in [1.82, 2.24) is 0 Å². The van der Waals surface area contributed by atoms with Crippen LogP contribution in [-0.2, 0) is 6.54 Å². The first-order chi connectivity index (χ1) is 6.57. The van der Waals surface area contributed by atoms with Crippen LogP contribution in [0.3, 0.4) is 0 Å². The summed E-state index contributed by atoms with van der Waals surface area (Å²) in [6.45, 7) is -0.573. The van der Waals surface area contributed by atoms with E-state index in [2.05, 4.69) is 10.0 Å². The van der Waals surface area contributed by atoms with E-state index in [0.29, 0.717) is 6.07 Å². The maximum atomic E-state index is 12.8. The second-order valence-corrected chi connectivity index (χ2v) is 2.35. The summed E-state index contributed by atoms with van der Waals surface area (Å²) in [4.78, 5) is 2.27. The van der Waals surface area contributed by atoms with E-state index in [1.54, 1.807) is 0 Å². The van der Waals surface area contributed by atoms with Gasteiger partial charge in [-0.05, 0) is 17.2 Å². The minimum absolute atomic E-state index is 0.447. The lowest BCUT2D eigenvalue weighted by atomic mass is 10.2. The van der Waals surface area contributed by atoms with E-state index >= 15 is 0 Å². The van der Waals surface area contributed by atoms with Crippen molar-refractivity contribution in [3.8, 4) is 0 Å². The van der Waals surface area contributed by atoms with Crippen molar-refractivity contribution >= 4 is 0 Å². The highest BCUT2D eigenvalue weighted by atomic mass is 19.2. The molecule has 0 fully saturated rings. The number of halogens is 4. The first-order valence-corrected chi connectivity index (χ1v) is 3.40. The maximum Gasteiger partial charge on any atom is 0.197 e. The van der Waals surface area contributed by atoms with Crippen LogP contribution in [0.5, 0.6) is 0 Å². The number of hydrogen-bond acceptors (Lipinski definition) is 1. The molecular formula is C7H3F4N3. The maximum absolute atomic E-state index is 12.8. The molecule has 0 aliphatic carbocycles. The number of rotatable bonds is 2. The first-order valence-electron chi connectivity index (χ1n) is 3.40. The smallest absolute Gasteiger partial charge is 0.197 e. The fraction of sp³-hybridized carbons (Fsp3) is 0.143. The van der Waals surface area contributed by atoms with Crippen molar-refractivity contribution in [3.05, 3.63) is 45.3 Å². The molecule has 0 saturated heterocycles. The van der Waals surface area contributed by atoms with Crippen molar-refractivity contribution in [2.75, 3.05) is 0 Å². The van der Waals surface area contributed by atoms with Gasteiger partial charge in [0.05, 0.1) is 6.54 Å². The molecule has 0 radical (unpaired) electrons. The fourth-order valence-electron chi connectivity index (χ4n) is 0.845. The Hall–Kier alpha value is -1.75. The highest BCUT2D eigenvalue weighted by molar-refractivity contribution is 5.21. The topological polar surface area (TPSA) is 48.8 Å². The van der Waals surface area contributed by atoms with Gasteiger partial charge in [0.2, 0.25) is 0 Å². The Labute approximate surface area is 75.6 Å². The summed E-state index contributed by atoms with van der Waals surface area (Å²) >= 11 is 0. The van der Waals surface area contributed by atoms with Crippen molar-refractivity contribution in [1.29, 1.82) is 0 Å². The van der Waals surface area contributed by atoms with Crippen LogP contribution < -0.4 is 0 Å². The lowest BCUT2D eigenvalue weighted by molar-refractivity contribution is 0.404. The Bertz CT molecular complexity index is 412. The van der Waals surface area contributed by atoms with Crippen LogP contribution in [0.15, 0.2) is 11.2 Å². The molecule has 0 atom stereocenters. The Morgan fingerprint density at radius 3 is 2.36 bits per heavy atom. The average Bonchev–Trinajstić information content (AvgIpc) is 2.18. The summed E-state index contributed by atoms with van der Waals surface area (Å²) in [5.74, 6) is -6.86. The number of azide groups is 1. The molecule has 0 N–H and O–H groups in total. The third-order valence-electron chi connectivity index (χ3n) is 1.48. The van der Waals surface area contributed by atoms with Crippen LogP contribution in [0.25, 0.3) is 10.4 Å². The molecule has 1 aromatic carbocycles. The van der Waals surface area contributed by atoms with Gasteiger partial charge in [-0.25, -0.2) is 17.6 Å². The molecule has 0 aliphatic heterocycles. The van der Waals surface area contributed by atoms with Gasteiger partial charge in [-0.2, -0.15) is 0 Å². The van der Waals surface area contributed by atoms with Crippen LogP contribution in [0.2, 0.25) is 0 Å². The van der Waals surface area contributed by atoms with Crippen LogP contribution >= 0.6 is 0 Å². The molecule has 1 aromatic rings. The molecule has 0 spiro atoms. The van der Waals surface area contributed by atoms with Crippen molar-refractivity contribution in [2.45, 2.75) is 6.54 Å². The molecule has 0 amide bonds. The minimum Gasteiger partial charge on any atom is -0.204 e. The van der Waals surface area contributed by atoms with Gasteiger partial charge in [-0.1, -0.05) is 5.11 Å². The van der Waals surface area contributed by atoms with Crippen molar-refractivity contribution in [3.63, 3.8) is 0 Å². The van der Waals surface area contributed by atoms with Gasteiger partial charge in [0.25, 0.3) is 0 Å². The number of hydrogen-bond donors (Lipinski definition) is 0. The second-order valence-electron chi connectivity index (χ2n) is 2.35. The summed E-state index contributed by atoms with van der Waals surface area (Å²) in [6, 6.07) is 0.447. The Morgan fingerprint density at radius 1 is 1.14 bits per heavy atom. The van der Waals surface area contributed by atoms with E-state index in [4.69, 9.17) is 5.53 Å². The average molecular weight is 205 g/mol. The molecule has 0 aliphatic rings. The molecule has 7 heteroatoms. The number of nitrogens with zero attached hydrogens (tertiary/aromatic N) is 3. The van der Waals surface area contributed by atoms with Gasteiger partial charge in [0, 0.05) is 4.91 Å². The zero-order valence-corrected chi connectivity index (χ0v) is 6.64. The highest BCUT2D eigenvalue weighted by Gasteiger charge is 2.17. The highest BCUT2D eigenvalue weighted by Crippen LogP contribution is 2.19. The molecule has 3 nitrogen and oxygen atoms in total. The van der Waals surface area contributed by atoms with E-state index in [0.717, 1.165) is 0 Å². The number of benzene rings is 1. The molecule has 1 rings (SSSR count). The van der Waals surface area contributed by atoms with Gasteiger partial charge in [0.1, 0.15) is 0 Å². The van der Waals surface area contributed by atoms with E-state index < -0.39 is 35.4 Å². The monoisotopic (exact) mass is 205 g/mol. The second kappa shape index (κ2) is 3.97.